The number of nitrogens with zero attached hydrogens (tertiary/aromatic N) is 2. The van der Waals surface area contributed by atoms with Gasteiger partial charge in [-0.2, -0.15) is 0 Å². The average molecular weight is 341 g/mol. The van der Waals surface area contributed by atoms with Crippen LogP contribution >= 0.6 is 0 Å². The second-order valence-corrected chi connectivity index (χ2v) is 7.19. The molecule has 25 heavy (non-hydrogen) atoms. The van der Waals surface area contributed by atoms with Crippen molar-refractivity contribution in [1.29, 1.82) is 0 Å². The van der Waals surface area contributed by atoms with Gasteiger partial charge in [0.2, 0.25) is 5.91 Å². The lowest BCUT2D eigenvalue weighted by atomic mass is 9.79. The van der Waals surface area contributed by atoms with Gasteiger partial charge in [-0.25, -0.2) is 4.79 Å². The van der Waals surface area contributed by atoms with Crippen molar-refractivity contribution in [1.82, 2.24) is 9.80 Å². The van der Waals surface area contributed by atoms with Gasteiger partial charge in [0.15, 0.2) is 0 Å². The van der Waals surface area contributed by atoms with Crippen molar-refractivity contribution in [2.45, 2.75) is 44.6 Å². The number of nitrogens with one attached hydrogen (secondary N) is 1. The fraction of sp³-hybridized carbons (Fsp3) is 0.500. The molecule has 2 aliphatic heterocycles. The molecule has 2 saturated heterocycles. The molecule has 2 heterocycles. The number of aryl methyl sites for hydroxylation is 1. The van der Waals surface area contributed by atoms with Crippen molar-refractivity contribution in [3.63, 3.8) is 0 Å². The Morgan fingerprint density at radius 1 is 1.28 bits per heavy atom. The number of likely N-dealkylation sites (tertiary alicyclic amines) is 2. The zero-order chi connectivity index (χ0) is 17.9. The summed E-state index contributed by atoms with van der Waals surface area (Å²) in [5.41, 5.74) is 1.74. The molecule has 1 aromatic rings. The van der Waals surface area contributed by atoms with E-state index in [1.54, 1.807) is 6.08 Å². The number of hydrogen-bond acceptors (Lipinski definition) is 2. The van der Waals surface area contributed by atoms with Crippen LogP contribution in [0.3, 0.4) is 0 Å². The first-order valence-corrected chi connectivity index (χ1v) is 9.08. The molecule has 134 valence electrons. The molecule has 0 aliphatic carbocycles. The Kier molecular flexibility index (Phi) is 5.11. The maximum Gasteiger partial charge on any atom is 0.321 e. The summed E-state index contributed by atoms with van der Waals surface area (Å²) >= 11 is 0. The Morgan fingerprint density at radius 3 is 2.72 bits per heavy atom. The van der Waals surface area contributed by atoms with Crippen molar-refractivity contribution in [3.8, 4) is 0 Å². The molecule has 0 saturated carbocycles. The lowest BCUT2D eigenvalue weighted by Gasteiger charge is -2.51. The number of carbonyl (C=O) groups is 2. The van der Waals surface area contributed by atoms with Crippen molar-refractivity contribution in [2.24, 2.45) is 0 Å². The minimum Gasteiger partial charge on any atom is -0.332 e. The average Bonchev–Trinajstić information content (AvgIpc) is 2.61. The van der Waals surface area contributed by atoms with E-state index in [2.05, 4.69) is 11.9 Å². The second-order valence-electron chi connectivity index (χ2n) is 7.19. The molecule has 1 spiro atoms. The normalized spacial score (nSPS) is 23.6. The fourth-order valence-electron chi connectivity index (χ4n) is 4.08. The van der Waals surface area contributed by atoms with E-state index < -0.39 is 0 Å². The van der Waals surface area contributed by atoms with Gasteiger partial charge in [0, 0.05) is 31.7 Å². The van der Waals surface area contributed by atoms with Gasteiger partial charge in [-0.15, -0.1) is 6.58 Å². The summed E-state index contributed by atoms with van der Waals surface area (Å²) < 4.78 is 0. The Morgan fingerprint density at radius 2 is 2.00 bits per heavy atom. The quantitative estimate of drug-likeness (QED) is 0.855. The zero-order valence-electron chi connectivity index (χ0n) is 15.0. The van der Waals surface area contributed by atoms with E-state index in [0.717, 1.165) is 43.5 Å². The summed E-state index contributed by atoms with van der Waals surface area (Å²) in [4.78, 5) is 28.9. The predicted molar refractivity (Wildman–Crippen MR) is 99.5 cm³/mol. The minimum absolute atomic E-state index is 0.0838. The fourth-order valence-corrected chi connectivity index (χ4v) is 4.08. The first-order valence-electron chi connectivity index (χ1n) is 9.08. The molecular formula is C20H27N3O2. The molecule has 1 aromatic carbocycles. The van der Waals surface area contributed by atoms with Crippen LogP contribution in [0.25, 0.3) is 0 Å². The first-order chi connectivity index (χ1) is 12.0. The number of benzene rings is 1. The van der Waals surface area contributed by atoms with E-state index in [1.165, 1.54) is 0 Å². The number of carbonyl (C=O) groups excluding carboxylic acids is 2. The van der Waals surface area contributed by atoms with Crippen molar-refractivity contribution >= 4 is 17.6 Å². The van der Waals surface area contributed by atoms with Crippen LogP contribution in [0.4, 0.5) is 10.5 Å². The maximum absolute atomic E-state index is 12.7. The highest BCUT2D eigenvalue weighted by atomic mass is 16.2. The van der Waals surface area contributed by atoms with Crippen molar-refractivity contribution in [3.05, 3.63) is 42.5 Å². The monoisotopic (exact) mass is 341 g/mol. The standard InChI is InChI=1S/C20H27N3O2/c1-3-13-23-18(24)6-4-11-20(23)12-5-14-22(15-20)19(25)21-17-9-7-16(2)8-10-17/h3,7-10H,1,4-6,11-15H2,2H3,(H,21,25). The number of piperidine rings is 2. The van der Waals surface area contributed by atoms with Crippen LogP contribution in [0.15, 0.2) is 36.9 Å². The predicted octanol–water partition coefficient (Wildman–Crippen LogP) is 3.56. The van der Waals surface area contributed by atoms with Gasteiger partial charge >= 0.3 is 6.03 Å². The number of hydrogen-bond donors (Lipinski definition) is 1. The smallest absolute Gasteiger partial charge is 0.321 e. The Labute approximate surface area is 149 Å². The summed E-state index contributed by atoms with van der Waals surface area (Å²) in [7, 11) is 0. The molecule has 5 heteroatoms. The van der Waals surface area contributed by atoms with E-state index >= 15 is 0 Å². The van der Waals surface area contributed by atoms with Crippen LogP contribution in [0, 0.1) is 6.92 Å². The number of anilines is 1. The van der Waals surface area contributed by atoms with Gasteiger partial charge in [-0.3, -0.25) is 4.79 Å². The SMILES string of the molecule is C=CCN1C(=O)CCCC12CCCN(C(=O)Nc1ccc(C)cc1)C2. The second kappa shape index (κ2) is 7.30. The van der Waals surface area contributed by atoms with E-state index in [0.29, 0.717) is 19.5 Å². The van der Waals surface area contributed by atoms with Gasteiger partial charge in [0.05, 0.1) is 5.54 Å². The largest absolute Gasteiger partial charge is 0.332 e. The van der Waals surface area contributed by atoms with Gasteiger partial charge in [0.1, 0.15) is 0 Å². The molecule has 3 rings (SSSR count). The molecule has 0 aromatic heterocycles. The minimum atomic E-state index is -0.230. The van der Waals surface area contributed by atoms with E-state index in [-0.39, 0.29) is 17.5 Å². The topological polar surface area (TPSA) is 52.7 Å². The lowest BCUT2D eigenvalue weighted by molar-refractivity contribution is -0.143. The van der Waals surface area contributed by atoms with E-state index in [1.807, 2.05) is 41.0 Å². The van der Waals surface area contributed by atoms with Crippen LogP contribution < -0.4 is 5.32 Å². The molecule has 3 amide bonds. The Hall–Kier alpha value is -2.30. The molecule has 2 fully saturated rings. The van der Waals surface area contributed by atoms with E-state index in [4.69, 9.17) is 0 Å². The summed E-state index contributed by atoms with van der Waals surface area (Å²) in [6.45, 7) is 7.71. The third-order valence-corrected chi connectivity index (χ3v) is 5.36. The summed E-state index contributed by atoms with van der Waals surface area (Å²) in [6, 6.07) is 7.72. The highest BCUT2D eigenvalue weighted by molar-refractivity contribution is 5.89. The third kappa shape index (κ3) is 3.70. The van der Waals surface area contributed by atoms with E-state index in [9.17, 15) is 9.59 Å². The third-order valence-electron chi connectivity index (χ3n) is 5.36. The molecule has 1 unspecified atom stereocenters. The molecule has 2 aliphatic rings. The van der Waals surface area contributed by atoms with Crippen LogP contribution in [-0.4, -0.2) is 46.9 Å². The lowest BCUT2D eigenvalue weighted by Crippen LogP contribution is -2.63. The first kappa shape index (κ1) is 17.5. The molecule has 1 atom stereocenters. The molecular weight excluding hydrogens is 314 g/mol. The van der Waals surface area contributed by atoms with Crippen molar-refractivity contribution < 1.29 is 9.59 Å². The molecule has 1 N–H and O–H groups in total. The summed E-state index contributed by atoms with van der Waals surface area (Å²) in [5.74, 6) is 0.187. The summed E-state index contributed by atoms with van der Waals surface area (Å²) in [6.07, 6.45) is 6.13. The number of urea groups is 1. The Bertz CT molecular complexity index is 651. The zero-order valence-corrected chi connectivity index (χ0v) is 15.0. The van der Waals surface area contributed by atoms with Gasteiger partial charge in [0.25, 0.3) is 0 Å². The molecule has 0 radical (unpaired) electrons. The van der Waals surface area contributed by atoms with Crippen LogP contribution in [-0.2, 0) is 4.79 Å². The maximum atomic E-state index is 12.7. The van der Waals surface area contributed by atoms with Gasteiger partial charge < -0.3 is 15.1 Å². The molecule has 5 nitrogen and oxygen atoms in total. The van der Waals surface area contributed by atoms with Crippen molar-refractivity contribution in [2.75, 3.05) is 25.0 Å². The molecule has 0 bridgehead atoms. The number of rotatable bonds is 3. The van der Waals surface area contributed by atoms with Gasteiger partial charge in [-0.05, 0) is 44.7 Å². The highest BCUT2D eigenvalue weighted by Crippen LogP contribution is 2.36. The van der Waals surface area contributed by atoms with Crippen LogP contribution in [0.5, 0.6) is 0 Å². The highest BCUT2D eigenvalue weighted by Gasteiger charge is 2.45. The van der Waals surface area contributed by atoms with Gasteiger partial charge in [-0.1, -0.05) is 23.8 Å². The summed E-state index contributed by atoms with van der Waals surface area (Å²) in [5, 5.41) is 2.98. The number of amides is 3. The van der Waals surface area contributed by atoms with Crippen LogP contribution in [0.2, 0.25) is 0 Å². The Balaban J connectivity index is 1.73. The van der Waals surface area contributed by atoms with Crippen LogP contribution in [0.1, 0.15) is 37.7 Å².